The van der Waals surface area contributed by atoms with Crippen LogP contribution in [0.3, 0.4) is 0 Å². The van der Waals surface area contributed by atoms with Crippen molar-refractivity contribution in [2.24, 2.45) is 5.92 Å². The summed E-state index contributed by atoms with van der Waals surface area (Å²) in [5.41, 5.74) is 5.58. The van der Waals surface area contributed by atoms with Crippen LogP contribution in [-0.4, -0.2) is 34.3 Å². The minimum absolute atomic E-state index is 0.169. The van der Waals surface area contributed by atoms with E-state index in [-0.39, 0.29) is 17.4 Å². The summed E-state index contributed by atoms with van der Waals surface area (Å²) in [6.45, 7) is 3.37. The first-order valence-electron chi connectivity index (χ1n) is 5.85. The normalized spacial score (nSPS) is 19.3. The number of nitrogens with two attached hydrogens (primary N) is 1. The maximum atomic E-state index is 11.4. The van der Waals surface area contributed by atoms with Crippen LogP contribution in [0.4, 0.5) is 11.5 Å². The summed E-state index contributed by atoms with van der Waals surface area (Å²) in [6, 6.07) is 0. The molecule has 0 amide bonds. The van der Waals surface area contributed by atoms with E-state index in [0.717, 1.165) is 25.9 Å². The Morgan fingerprint density at radius 3 is 2.82 bits per heavy atom. The maximum Gasteiger partial charge on any atom is 0.276 e. The molecule has 2 rings (SSSR count). The van der Waals surface area contributed by atoms with Crippen molar-refractivity contribution < 1.29 is 5.11 Å². The molecule has 0 radical (unpaired) electrons. The molecule has 0 saturated carbocycles. The highest BCUT2D eigenvalue weighted by Gasteiger charge is 2.24. The van der Waals surface area contributed by atoms with Crippen LogP contribution < -0.4 is 16.2 Å². The molecule has 6 nitrogen and oxygen atoms in total. The number of anilines is 2. The van der Waals surface area contributed by atoms with Gasteiger partial charge in [-0.25, -0.2) is 4.98 Å². The molecule has 0 aromatic carbocycles. The molecular weight excluding hydrogens is 220 g/mol. The first-order valence-corrected chi connectivity index (χ1v) is 5.85. The minimum Gasteiger partial charge on any atom is -0.393 e. The van der Waals surface area contributed by atoms with Gasteiger partial charge < -0.3 is 20.7 Å². The molecule has 1 aromatic heterocycles. The topological polar surface area (TPSA) is 95.2 Å². The number of aliphatic hydroxyl groups excluding tert-OH is 1. The predicted octanol–water partition coefficient (Wildman–Crippen LogP) is -0.0507. The van der Waals surface area contributed by atoms with Crippen LogP contribution >= 0.6 is 0 Å². The van der Waals surface area contributed by atoms with Gasteiger partial charge in [0.25, 0.3) is 5.56 Å². The molecule has 6 heteroatoms. The van der Waals surface area contributed by atoms with E-state index in [1.54, 1.807) is 0 Å². The predicted molar refractivity (Wildman–Crippen MR) is 65.9 cm³/mol. The summed E-state index contributed by atoms with van der Waals surface area (Å²) >= 11 is 0. The SMILES string of the molecule is CC(O)C1CCN(c2nc[nH]c(=O)c2N)CC1. The number of nitrogens with zero attached hydrogens (tertiary/aromatic N) is 2. The third-order valence-electron chi connectivity index (χ3n) is 3.39. The largest absolute Gasteiger partial charge is 0.393 e. The van der Waals surface area contributed by atoms with E-state index in [2.05, 4.69) is 9.97 Å². The number of nitrogen functional groups attached to an aromatic ring is 1. The van der Waals surface area contributed by atoms with Gasteiger partial charge in [-0.1, -0.05) is 0 Å². The van der Waals surface area contributed by atoms with Crippen molar-refractivity contribution in [2.45, 2.75) is 25.9 Å². The van der Waals surface area contributed by atoms with E-state index < -0.39 is 0 Å². The summed E-state index contributed by atoms with van der Waals surface area (Å²) in [5.74, 6) is 0.882. The number of aromatic nitrogens is 2. The lowest BCUT2D eigenvalue weighted by Gasteiger charge is -2.34. The quantitative estimate of drug-likeness (QED) is 0.671. The molecule has 17 heavy (non-hydrogen) atoms. The highest BCUT2D eigenvalue weighted by Crippen LogP contribution is 2.25. The van der Waals surface area contributed by atoms with Gasteiger partial charge in [0, 0.05) is 13.1 Å². The van der Waals surface area contributed by atoms with Gasteiger partial charge in [-0.15, -0.1) is 0 Å². The fourth-order valence-corrected chi connectivity index (χ4v) is 2.25. The average molecular weight is 238 g/mol. The van der Waals surface area contributed by atoms with Crippen LogP contribution in [0.1, 0.15) is 19.8 Å². The number of hydrogen-bond acceptors (Lipinski definition) is 5. The van der Waals surface area contributed by atoms with Crippen molar-refractivity contribution in [2.75, 3.05) is 23.7 Å². The van der Waals surface area contributed by atoms with Crippen molar-refractivity contribution in [1.29, 1.82) is 0 Å². The lowest BCUT2D eigenvalue weighted by molar-refractivity contribution is 0.110. The Kier molecular flexibility index (Phi) is 3.33. The highest BCUT2D eigenvalue weighted by molar-refractivity contribution is 5.60. The van der Waals surface area contributed by atoms with Gasteiger partial charge in [0.2, 0.25) is 0 Å². The summed E-state index contributed by atoms with van der Waals surface area (Å²) in [7, 11) is 0. The lowest BCUT2D eigenvalue weighted by atomic mass is 9.92. The van der Waals surface area contributed by atoms with Crippen LogP contribution in [0, 0.1) is 5.92 Å². The van der Waals surface area contributed by atoms with E-state index in [9.17, 15) is 9.90 Å². The number of hydrogen-bond donors (Lipinski definition) is 3. The Morgan fingerprint density at radius 2 is 2.24 bits per heavy atom. The zero-order chi connectivity index (χ0) is 12.4. The Bertz CT molecular complexity index is 435. The standard InChI is InChI=1S/C11H18N4O2/c1-7(16)8-2-4-15(5-3-8)10-9(12)11(17)14-6-13-10/h6-8,16H,2-5,12H2,1H3,(H,13,14,17). The highest BCUT2D eigenvalue weighted by atomic mass is 16.3. The number of piperidine rings is 1. The zero-order valence-electron chi connectivity index (χ0n) is 9.89. The summed E-state index contributed by atoms with van der Waals surface area (Å²) in [6.07, 6.45) is 2.88. The van der Waals surface area contributed by atoms with E-state index >= 15 is 0 Å². The van der Waals surface area contributed by atoms with Gasteiger partial charge >= 0.3 is 0 Å². The Balaban J connectivity index is 2.11. The first kappa shape index (κ1) is 11.9. The smallest absolute Gasteiger partial charge is 0.276 e. The van der Waals surface area contributed by atoms with Crippen LogP contribution in [0.5, 0.6) is 0 Å². The Labute approximate surface area is 99.5 Å². The van der Waals surface area contributed by atoms with Crippen LogP contribution in [0.25, 0.3) is 0 Å². The summed E-state index contributed by atoms with van der Waals surface area (Å²) in [4.78, 5) is 19.9. The van der Waals surface area contributed by atoms with Crippen LogP contribution in [-0.2, 0) is 0 Å². The molecule has 0 spiro atoms. The molecule has 0 bridgehead atoms. The zero-order valence-corrected chi connectivity index (χ0v) is 9.89. The summed E-state index contributed by atoms with van der Waals surface area (Å²) in [5, 5.41) is 9.52. The second kappa shape index (κ2) is 4.75. The third kappa shape index (κ3) is 2.41. The molecule has 1 fully saturated rings. The molecule has 1 aliphatic heterocycles. The molecular formula is C11H18N4O2. The van der Waals surface area contributed by atoms with Gasteiger partial charge in [-0.3, -0.25) is 4.79 Å². The van der Waals surface area contributed by atoms with E-state index in [4.69, 9.17) is 5.73 Å². The maximum absolute atomic E-state index is 11.4. The lowest BCUT2D eigenvalue weighted by Crippen LogP contribution is -2.38. The van der Waals surface area contributed by atoms with Crippen molar-refractivity contribution in [3.05, 3.63) is 16.7 Å². The number of aliphatic hydroxyl groups is 1. The van der Waals surface area contributed by atoms with Crippen molar-refractivity contribution in [3.8, 4) is 0 Å². The fourth-order valence-electron chi connectivity index (χ4n) is 2.25. The van der Waals surface area contributed by atoms with Gasteiger partial charge in [-0.2, -0.15) is 0 Å². The van der Waals surface area contributed by atoms with Gasteiger partial charge in [-0.05, 0) is 25.7 Å². The van der Waals surface area contributed by atoms with Gasteiger partial charge in [0.1, 0.15) is 5.69 Å². The van der Waals surface area contributed by atoms with Crippen LogP contribution in [0.2, 0.25) is 0 Å². The average Bonchev–Trinajstić information content (AvgIpc) is 2.33. The molecule has 1 aliphatic rings. The van der Waals surface area contributed by atoms with E-state index in [1.807, 2.05) is 11.8 Å². The number of aromatic amines is 1. The molecule has 4 N–H and O–H groups in total. The Morgan fingerprint density at radius 1 is 1.59 bits per heavy atom. The van der Waals surface area contributed by atoms with Crippen molar-refractivity contribution in [1.82, 2.24) is 9.97 Å². The monoisotopic (exact) mass is 238 g/mol. The number of rotatable bonds is 2. The number of nitrogens with one attached hydrogen (secondary N) is 1. The summed E-state index contributed by atoms with van der Waals surface area (Å²) < 4.78 is 0. The molecule has 1 atom stereocenters. The molecule has 2 heterocycles. The van der Waals surface area contributed by atoms with Gasteiger partial charge in [0.15, 0.2) is 5.82 Å². The van der Waals surface area contributed by atoms with E-state index in [0.29, 0.717) is 11.7 Å². The first-order chi connectivity index (χ1) is 8.09. The molecule has 1 aromatic rings. The minimum atomic E-state index is -0.298. The van der Waals surface area contributed by atoms with Crippen LogP contribution in [0.15, 0.2) is 11.1 Å². The molecule has 0 aliphatic carbocycles. The fraction of sp³-hybridized carbons (Fsp3) is 0.636. The molecule has 1 saturated heterocycles. The second-order valence-corrected chi connectivity index (χ2v) is 4.53. The Hall–Kier alpha value is -1.56. The van der Waals surface area contributed by atoms with E-state index in [1.165, 1.54) is 6.33 Å². The van der Waals surface area contributed by atoms with Crippen molar-refractivity contribution in [3.63, 3.8) is 0 Å². The molecule has 1 unspecified atom stereocenters. The second-order valence-electron chi connectivity index (χ2n) is 4.53. The van der Waals surface area contributed by atoms with Gasteiger partial charge in [0.05, 0.1) is 12.4 Å². The van der Waals surface area contributed by atoms with Crippen molar-refractivity contribution >= 4 is 11.5 Å². The third-order valence-corrected chi connectivity index (χ3v) is 3.39. The molecule has 94 valence electrons. The number of H-pyrrole nitrogens is 1.